The van der Waals surface area contributed by atoms with E-state index in [0.717, 1.165) is 5.56 Å². The predicted octanol–water partition coefficient (Wildman–Crippen LogP) is 1.70. The minimum Gasteiger partial charge on any atom is -0.733 e. The molecule has 0 amide bonds. The van der Waals surface area contributed by atoms with Crippen LogP contribution in [0.5, 0.6) is 0 Å². The highest BCUT2D eigenvalue weighted by Gasteiger charge is 2.05. The quantitative estimate of drug-likeness (QED) is 0.716. The van der Waals surface area contributed by atoms with Crippen LogP contribution in [0.2, 0.25) is 0 Å². The Morgan fingerprint density at radius 1 is 1.57 bits per heavy atom. The topological polar surface area (TPSA) is 72.5 Å². The average Bonchev–Trinajstić information content (AvgIpc) is 2.19. The molecule has 0 aromatic heterocycles. The minimum atomic E-state index is -0.144. The van der Waals surface area contributed by atoms with Gasteiger partial charge in [-0.1, -0.05) is 30.3 Å². The van der Waals surface area contributed by atoms with Gasteiger partial charge in [-0.3, -0.25) is 5.21 Å². The summed E-state index contributed by atoms with van der Waals surface area (Å²) < 4.78 is 0. The van der Waals surface area contributed by atoms with Crippen LogP contribution >= 0.6 is 0 Å². The summed E-state index contributed by atoms with van der Waals surface area (Å²) in [5.41, 5.74) is 7.22. The number of allylic oxidation sites excluding steroid dienone is 1. The number of hydrogen-bond acceptors (Lipinski definition) is 4. The lowest BCUT2D eigenvalue weighted by Crippen LogP contribution is -2.11. The first-order valence-corrected chi connectivity index (χ1v) is 4.31. The molecule has 0 unspecified atom stereocenters. The SMILES string of the molecule is C/C=C(\c1ccccc1CN)N([O-])O. The van der Waals surface area contributed by atoms with Crippen molar-refractivity contribution in [2.75, 3.05) is 0 Å². The number of hydrogen-bond donors (Lipinski definition) is 2. The predicted molar refractivity (Wildman–Crippen MR) is 55.0 cm³/mol. The van der Waals surface area contributed by atoms with E-state index in [1.165, 1.54) is 0 Å². The van der Waals surface area contributed by atoms with E-state index in [1.54, 1.807) is 25.1 Å². The summed E-state index contributed by atoms with van der Waals surface area (Å²) in [7, 11) is 0. The molecule has 14 heavy (non-hydrogen) atoms. The largest absolute Gasteiger partial charge is 0.733 e. The second kappa shape index (κ2) is 4.76. The standard InChI is InChI=1S/C10H13N2O2/c1-2-10(12(13)14)9-6-4-3-5-8(9)7-11/h2-6,13H,7,11H2,1H3/q-1/b10-2+. The molecular weight excluding hydrogens is 180 g/mol. The fraction of sp³-hybridized carbons (Fsp3) is 0.200. The Bertz CT molecular complexity index is 335. The molecule has 0 radical (unpaired) electrons. The van der Waals surface area contributed by atoms with Crippen LogP contribution in [-0.4, -0.2) is 10.4 Å². The molecule has 1 aromatic carbocycles. The molecule has 0 aliphatic heterocycles. The van der Waals surface area contributed by atoms with Crippen LogP contribution < -0.4 is 5.73 Å². The van der Waals surface area contributed by atoms with Gasteiger partial charge in [0.1, 0.15) is 0 Å². The highest BCUT2D eigenvalue weighted by atomic mass is 16.8. The summed E-state index contributed by atoms with van der Waals surface area (Å²) in [4.78, 5) is 0. The molecular formula is C10H13N2O2-. The smallest absolute Gasteiger partial charge is 0.0541 e. The summed E-state index contributed by atoms with van der Waals surface area (Å²) in [6.07, 6.45) is 1.54. The zero-order valence-corrected chi connectivity index (χ0v) is 7.97. The molecule has 4 heteroatoms. The first-order chi connectivity index (χ1) is 6.70. The van der Waals surface area contributed by atoms with E-state index in [2.05, 4.69) is 0 Å². The van der Waals surface area contributed by atoms with Gasteiger partial charge >= 0.3 is 0 Å². The molecule has 0 saturated heterocycles. The van der Waals surface area contributed by atoms with Crippen molar-refractivity contribution < 1.29 is 5.21 Å². The van der Waals surface area contributed by atoms with E-state index in [4.69, 9.17) is 10.9 Å². The van der Waals surface area contributed by atoms with Gasteiger partial charge in [0.05, 0.1) is 5.70 Å². The lowest BCUT2D eigenvalue weighted by atomic mass is 10.0. The van der Waals surface area contributed by atoms with Gasteiger partial charge in [0.15, 0.2) is 0 Å². The van der Waals surface area contributed by atoms with Gasteiger partial charge in [0.2, 0.25) is 0 Å². The van der Waals surface area contributed by atoms with Gasteiger partial charge in [0, 0.05) is 12.1 Å². The highest BCUT2D eigenvalue weighted by molar-refractivity contribution is 5.66. The maximum absolute atomic E-state index is 10.8. The molecule has 4 nitrogen and oxygen atoms in total. The molecule has 3 N–H and O–H groups in total. The maximum atomic E-state index is 10.8. The molecule has 0 spiro atoms. The van der Waals surface area contributed by atoms with Gasteiger partial charge in [-0.25, -0.2) is 0 Å². The van der Waals surface area contributed by atoms with E-state index < -0.39 is 0 Å². The highest BCUT2D eigenvalue weighted by Crippen LogP contribution is 2.20. The Morgan fingerprint density at radius 2 is 2.21 bits per heavy atom. The van der Waals surface area contributed by atoms with E-state index in [-0.39, 0.29) is 10.9 Å². The zero-order chi connectivity index (χ0) is 10.6. The molecule has 0 bridgehead atoms. The summed E-state index contributed by atoms with van der Waals surface area (Å²) in [6, 6.07) is 7.20. The lowest BCUT2D eigenvalue weighted by molar-refractivity contribution is 0.0251. The zero-order valence-electron chi connectivity index (χ0n) is 7.97. The van der Waals surface area contributed by atoms with Crippen molar-refractivity contribution in [2.45, 2.75) is 13.5 Å². The van der Waals surface area contributed by atoms with E-state index in [0.29, 0.717) is 12.1 Å². The Hall–Kier alpha value is -1.36. The molecule has 0 saturated carbocycles. The van der Waals surface area contributed by atoms with Crippen molar-refractivity contribution in [1.82, 2.24) is 5.23 Å². The van der Waals surface area contributed by atoms with Crippen molar-refractivity contribution in [1.29, 1.82) is 0 Å². The normalized spacial score (nSPS) is 11.6. The Morgan fingerprint density at radius 3 is 2.71 bits per heavy atom. The number of nitrogens with two attached hydrogens (primary N) is 1. The molecule has 1 aromatic rings. The second-order valence-electron chi connectivity index (χ2n) is 2.81. The fourth-order valence-corrected chi connectivity index (χ4v) is 1.32. The number of nitrogens with zero attached hydrogens (tertiary/aromatic N) is 1. The van der Waals surface area contributed by atoms with Crippen LogP contribution in [0.15, 0.2) is 30.3 Å². The maximum Gasteiger partial charge on any atom is 0.0541 e. The minimum absolute atomic E-state index is 0.144. The van der Waals surface area contributed by atoms with Crippen LogP contribution in [0.25, 0.3) is 5.70 Å². The van der Waals surface area contributed by atoms with E-state index in [1.807, 2.05) is 12.1 Å². The van der Waals surface area contributed by atoms with Crippen LogP contribution in [0.3, 0.4) is 0 Å². The number of benzene rings is 1. The van der Waals surface area contributed by atoms with Crippen molar-refractivity contribution in [3.8, 4) is 0 Å². The summed E-state index contributed by atoms with van der Waals surface area (Å²) >= 11 is 0. The van der Waals surface area contributed by atoms with E-state index >= 15 is 0 Å². The van der Waals surface area contributed by atoms with Crippen LogP contribution in [-0.2, 0) is 6.54 Å². The first-order valence-electron chi connectivity index (χ1n) is 4.31. The van der Waals surface area contributed by atoms with E-state index in [9.17, 15) is 5.21 Å². The molecule has 0 fully saturated rings. The molecule has 0 aliphatic rings. The third-order valence-corrected chi connectivity index (χ3v) is 1.99. The third-order valence-electron chi connectivity index (χ3n) is 1.99. The first kappa shape index (κ1) is 10.7. The fourth-order valence-electron chi connectivity index (χ4n) is 1.32. The average molecular weight is 193 g/mol. The molecule has 0 heterocycles. The van der Waals surface area contributed by atoms with Crippen LogP contribution in [0.1, 0.15) is 18.1 Å². The van der Waals surface area contributed by atoms with Gasteiger partial charge in [-0.05, 0) is 12.5 Å². The Kier molecular flexibility index (Phi) is 3.64. The molecule has 76 valence electrons. The number of rotatable bonds is 3. The van der Waals surface area contributed by atoms with Gasteiger partial charge in [-0.15, -0.1) is 0 Å². The van der Waals surface area contributed by atoms with Crippen molar-refractivity contribution >= 4 is 5.70 Å². The third kappa shape index (κ3) is 2.11. The molecule has 0 aliphatic carbocycles. The van der Waals surface area contributed by atoms with Crippen molar-refractivity contribution in [3.05, 3.63) is 46.7 Å². The van der Waals surface area contributed by atoms with Crippen molar-refractivity contribution in [3.63, 3.8) is 0 Å². The second-order valence-corrected chi connectivity index (χ2v) is 2.81. The van der Waals surface area contributed by atoms with Crippen LogP contribution in [0, 0.1) is 5.21 Å². The Labute approximate surface area is 82.8 Å². The van der Waals surface area contributed by atoms with Gasteiger partial charge in [0.25, 0.3) is 0 Å². The summed E-state index contributed by atoms with van der Waals surface area (Å²) in [5, 5.41) is 19.5. The monoisotopic (exact) mass is 193 g/mol. The summed E-state index contributed by atoms with van der Waals surface area (Å²) in [5.74, 6) is 0. The van der Waals surface area contributed by atoms with Gasteiger partial charge in [-0.2, -0.15) is 0 Å². The van der Waals surface area contributed by atoms with Crippen LogP contribution in [0.4, 0.5) is 0 Å². The summed E-state index contributed by atoms with van der Waals surface area (Å²) in [6.45, 7) is 2.02. The molecule has 0 atom stereocenters. The lowest BCUT2D eigenvalue weighted by Gasteiger charge is -2.26. The number of hydroxylamine groups is 2. The van der Waals surface area contributed by atoms with Gasteiger partial charge < -0.3 is 16.2 Å². The van der Waals surface area contributed by atoms with Crippen molar-refractivity contribution in [2.24, 2.45) is 5.73 Å². The Balaban J connectivity index is 3.16. The molecule has 1 rings (SSSR count).